The Morgan fingerprint density at radius 2 is 1.72 bits per heavy atom. The summed E-state index contributed by atoms with van der Waals surface area (Å²) in [6.45, 7) is 5.71. The summed E-state index contributed by atoms with van der Waals surface area (Å²) in [5.41, 5.74) is 5.22. The Morgan fingerprint density at radius 3 is 2.17 bits per heavy atom. The lowest BCUT2D eigenvalue weighted by Crippen LogP contribution is -2.24. The lowest BCUT2D eigenvalue weighted by Gasteiger charge is -2.19. The van der Waals surface area contributed by atoms with Gasteiger partial charge in [-0.05, 0) is 51.4 Å². The van der Waals surface area contributed by atoms with Crippen molar-refractivity contribution in [1.82, 2.24) is 0 Å². The minimum Gasteiger partial charge on any atom is -0.456 e. The number of nitro groups is 1. The SMILES string of the molecule is CC(C)(C)OC(=O)c1ccc(S(C)(=O)=O)c([N+](=O)[O-])c1.NCCc1ccccc1. The molecule has 2 aromatic carbocycles. The Balaban J connectivity index is 0.000000387. The minimum absolute atomic E-state index is 0.0703. The van der Waals surface area contributed by atoms with Gasteiger partial charge in [-0.1, -0.05) is 30.3 Å². The van der Waals surface area contributed by atoms with Crippen LogP contribution in [0.5, 0.6) is 0 Å². The number of sulfone groups is 1. The highest BCUT2D eigenvalue weighted by molar-refractivity contribution is 7.90. The quantitative estimate of drug-likeness (QED) is 0.445. The van der Waals surface area contributed by atoms with Gasteiger partial charge >= 0.3 is 5.97 Å². The average molecular weight is 423 g/mol. The molecule has 0 atom stereocenters. The molecule has 2 aromatic rings. The van der Waals surface area contributed by atoms with E-state index in [0.29, 0.717) is 0 Å². The molecule has 0 bridgehead atoms. The van der Waals surface area contributed by atoms with Gasteiger partial charge in [-0.15, -0.1) is 0 Å². The molecule has 8 nitrogen and oxygen atoms in total. The molecule has 2 rings (SSSR count). The Kier molecular flexibility index (Phi) is 8.47. The summed E-state index contributed by atoms with van der Waals surface area (Å²) in [5.74, 6) is -0.749. The summed E-state index contributed by atoms with van der Waals surface area (Å²) in [6.07, 6.45) is 1.85. The van der Waals surface area contributed by atoms with Gasteiger partial charge in [-0.25, -0.2) is 13.2 Å². The van der Waals surface area contributed by atoms with E-state index in [0.717, 1.165) is 31.4 Å². The summed E-state index contributed by atoms with van der Waals surface area (Å²) < 4.78 is 28.0. The molecule has 0 fully saturated rings. The number of hydrogen-bond donors (Lipinski definition) is 1. The number of hydrogen-bond acceptors (Lipinski definition) is 7. The first kappa shape index (κ1) is 24.3. The van der Waals surface area contributed by atoms with Gasteiger partial charge < -0.3 is 10.5 Å². The number of rotatable bonds is 5. The highest BCUT2D eigenvalue weighted by Gasteiger charge is 2.26. The molecule has 0 radical (unpaired) electrons. The van der Waals surface area contributed by atoms with E-state index in [1.165, 1.54) is 11.6 Å². The van der Waals surface area contributed by atoms with Crippen LogP contribution in [0.25, 0.3) is 0 Å². The zero-order valence-corrected chi connectivity index (χ0v) is 17.7. The summed E-state index contributed by atoms with van der Waals surface area (Å²) >= 11 is 0. The predicted molar refractivity (Wildman–Crippen MR) is 111 cm³/mol. The molecule has 0 aromatic heterocycles. The van der Waals surface area contributed by atoms with Crippen LogP contribution >= 0.6 is 0 Å². The predicted octanol–water partition coefficient (Wildman–Crippen LogP) is 3.14. The first-order valence-corrected chi connectivity index (χ1v) is 10.7. The van der Waals surface area contributed by atoms with Gasteiger partial charge in [0.15, 0.2) is 9.84 Å². The van der Waals surface area contributed by atoms with Crippen LogP contribution in [0.2, 0.25) is 0 Å². The lowest BCUT2D eigenvalue weighted by molar-refractivity contribution is -0.387. The fraction of sp³-hybridized carbons (Fsp3) is 0.350. The Labute approximate surface area is 170 Å². The number of ether oxygens (including phenoxy) is 1. The molecule has 0 heterocycles. The van der Waals surface area contributed by atoms with E-state index in [9.17, 15) is 23.3 Å². The number of nitro benzene ring substituents is 1. The highest BCUT2D eigenvalue weighted by atomic mass is 32.2. The smallest absolute Gasteiger partial charge is 0.338 e. The van der Waals surface area contributed by atoms with Crippen LogP contribution in [0.4, 0.5) is 5.69 Å². The van der Waals surface area contributed by atoms with Crippen molar-refractivity contribution in [3.63, 3.8) is 0 Å². The van der Waals surface area contributed by atoms with Crippen LogP contribution in [0.1, 0.15) is 36.7 Å². The number of esters is 1. The van der Waals surface area contributed by atoms with Gasteiger partial charge in [0.25, 0.3) is 5.69 Å². The second-order valence-electron chi connectivity index (χ2n) is 7.24. The van der Waals surface area contributed by atoms with E-state index >= 15 is 0 Å². The maximum absolute atomic E-state index is 11.8. The van der Waals surface area contributed by atoms with Crippen molar-refractivity contribution in [3.05, 3.63) is 69.8 Å². The average Bonchev–Trinajstić information content (AvgIpc) is 2.60. The summed E-state index contributed by atoms with van der Waals surface area (Å²) in [5, 5.41) is 10.9. The van der Waals surface area contributed by atoms with Crippen molar-refractivity contribution >= 4 is 21.5 Å². The molecule has 158 valence electrons. The summed E-state index contributed by atoms with van der Waals surface area (Å²) in [6, 6.07) is 13.4. The largest absolute Gasteiger partial charge is 0.456 e. The monoisotopic (exact) mass is 422 g/mol. The first-order chi connectivity index (χ1) is 13.3. The molecule has 0 saturated heterocycles. The van der Waals surface area contributed by atoms with E-state index in [1.54, 1.807) is 20.8 Å². The molecule has 0 amide bonds. The van der Waals surface area contributed by atoms with Gasteiger partial charge in [-0.3, -0.25) is 10.1 Å². The number of nitrogens with zero attached hydrogens (tertiary/aromatic N) is 1. The number of carbonyl (C=O) groups excluding carboxylic acids is 1. The third-order valence-corrected chi connectivity index (χ3v) is 4.61. The molecule has 0 unspecified atom stereocenters. The van der Waals surface area contributed by atoms with Crippen LogP contribution in [0, 0.1) is 10.1 Å². The van der Waals surface area contributed by atoms with Crippen LogP contribution in [-0.2, 0) is 21.0 Å². The van der Waals surface area contributed by atoms with Gasteiger partial charge in [-0.2, -0.15) is 0 Å². The van der Waals surface area contributed by atoms with E-state index in [2.05, 4.69) is 12.1 Å². The van der Waals surface area contributed by atoms with Crippen molar-refractivity contribution in [2.75, 3.05) is 12.8 Å². The fourth-order valence-electron chi connectivity index (χ4n) is 2.25. The van der Waals surface area contributed by atoms with Crippen LogP contribution in [-0.4, -0.2) is 37.7 Å². The van der Waals surface area contributed by atoms with E-state index in [4.69, 9.17) is 10.5 Å². The molecule has 9 heteroatoms. The zero-order chi connectivity index (χ0) is 22.2. The van der Waals surface area contributed by atoms with Crippen molar-refractivity contribution in [1.29, 1.82) is 0 Å². The molecule has 0 aliphatic carbocycles. The molecule has 0 aliphatic heterocycles. The number of nitrogens with two attached hydrogens (primary N) is 1. The number of carbonyl (C=O) groups is 1. The van der Waals surface area contributed by atoms with Gasteiger partial charge in [0.05, 0.1) is 10.5 Å². The number of benzene rings is 2. The second-order valence-corrected chi connectivity index (χ2v) is 9.22. The van der Waals surface area contributed by atoms with Crippen molar-refractivity contribution in [2.45, 2.75) is 37.7 Å². The standard InChI is InChI=1S/C12H15NO6S.C8H11N/c1-12(2,3)19-11(14)8-5-6-10(20(4,17)18)9(7-8)13(15)16;9-7-6-8-4-2-1-3-5-8/h5-7H,1-4H3;1-5H,6-7,9H2. The normalized spacial score (nSPS) is 11.2. The molecule has 0 spiro atoms. The first-order valence-electron chi connectivity index (χ1n) is 8.81. The second kappa shape index (κ2) is 10.1. The molecule has 0 saturated carbocycles. The van der Waals surface area contributed by atoms with Crippen LogP contribution in [0.15, 0.2) is 53.4 Å². The molecule has 29 heavy (non-hydrogen) atoms. The van der Waals surface area contributed by atoms with Crippen molar-refractivity contribution in [3.8, 4) is 0 Å². The maximum atomic E-state index is 11.8. The minimum atomic E-state index is -3.75. The van der Waals surface area contributed by atoms with Crippen molar-refractivity contribution in [2.24, 2.45) is 5.73 Å². The highest BCUT2D eigenvalue weighted by Crippen LogP contribution is 2.26. The van der Waals surface area contributed by atoms with E-state index in [1.807, 2.05) is 18.2 Å². The van der Waals surface area contributed by atoms with E-state index < -0.39 is 36.9 Å². The molecule has 0 aliphatic rings. The van der Waals surface area contributed by atoms with E-state index in [-0.39, 0.29) is 5.56 Å². The molecular weight excluding hydrogens is 396 g/mol. The molecule has 2 N–H and O–H groups in total. The third-order valence-electron chi connectivity index (χ3n) is 3.47. The third kappa shape index (κ3) is 8.41. The van der Waals surface area contributed by atoms with Gasteiger partial charge in [0.2, 0.25) is 0 Å². The van der Waals surface area contributed by atoms with Crippen LogP contribution < -0.4 is 5.73 Å². The summed E-state index contributed by atoms with van der Waals surface area (Å²) in [7, 11) is -3.75. The van der Waals surface area contributed by atoms with Gasteiger partial charge in [0.1, 0.15) is 10.5 Å². The molecular formula is C20H26N2O6S. The maximum Gasteiger partial charge on any atom is 0.338 e. The van der Waals surface area contributed by atoms with Gasteiger partial charge in [0, 0.05) is 12.3 Å². The topological polar surface area (TPSA) is 130 Å². The fourth-order valence-corrected chi connectivity index (χ4v) is 3.08. The van der Waals surface area contributed by atoms with Crippen molar-refractivity contribution < 1.29 is 22.9 Å². The summed E-state index contributed by atoms with van der Waals surface area (Å²) in [4.78, 5) is 21.4. The Bertz CT molecular complexity index is 951. The Hall–Kier alpha value is -2.78. The zero-order valence-electron chi connectivity index (χ0n) is 16.9. The Morgan fingerprint density at radius 1 is 1.14 bits per heavy atom. The lowest BCUT2D eigenvalue weighted by atomic mass is 10.1. The van der Waals surface area contributed by atoms with Crippen LogP contribution in [0.3, 0.4) is 0 Å².